The van der Waals surface area contributed by atoms with Gasteiger partial charge in [0.2, 0.25) is 4.96 Å². The fourth-order valence-corrected chi connectivity index (χ4v) is 3.89. The van der Waals surface area contributed by atoms with Crippen molar-refractivity contribution < 1.29 is 0 Å². The van der Waals surface area contributed by atoms with Gasteiger partial charge in [-0.1, -0.05) is 53.6 Å². The van der Waals surface area contributed by atoms with E-state index >= 15 is 0 Å². The highest BCUT2D eigenvalue weighted by Crippen LogP contribution is 2.21. The van der Waals surface area contributed by atoms with E-state index in [0.29, 0.717) is 0 Å². The Labute approximate surface area is 149 Å². The van der Waals surface area contributed by atoms with Crippen LogP contribution in [0, 0.1) is 0 Å². The summed E-state index contributed by atoms with van der Waals surface area (Å²) in [6.45, 7) is 3.09. The van der Waals surface area contributed by atoms with Gasteiger partial charge in [-0.2, -0.15) is 9.61 Å². The minimum atomic E-state index is 0.738. The molecule has 2 aromatic heterocycles. The van der Waals surface area contributed by atoms with E-state index in [4.69, 9.17) is 11.6 Å². The van der Waals surface area contributed by atoms with Crippen LogP contribution in [0.4, 0.5) is 0 Å². The lowest BCUT2D eigenvalue weighted by Gasteiger charge is -2.25. The maximum atomic E-state index is 6.18. The molecule has 0 atom stereocenters. The Balaban J connectivity index is 1.54. The van der Waals surface area contributed by atoms with E-state index in [2.05, 4.69) is 20.2 Å². The summed E-state index contributed by atoms with van der Waals surface area (Å²) in [6.07, 6.45) is 7.83. The highest BCUT2D eigenvalue weighted by atomic mass is 35.5. The topological polar surface area (TPSA) is 46.3 Å². The van der Waals surface area contributed by atoms with Crippen LogP contribution in [0.1, 0.15) is 35.7 Å². The number of rotatable bonds is 4. The van der Waals surface area contributed by atoms with E-state index < -0.39 is 0 Å². The van der Waals surface area contributed by atoms with Crippen LogP contribution in [0.2, 0.25) is 5.02 Å². The summed E-state index contributed by atoms with van der Waals surface area (Å²) < 4.78 is 1.87. The number of piperidine rings is 1. The molecule has 24 heavy (non-hydrogen) atoms. The van der Waals surface area contributed by atoms with Gasteiger partial charge in [0, 0.05) is 5.02 Å². The molecule has 0 bridgehead atoms. The van der Waals surface area contributed by atoms with Gasteiger partial charge >= 0.3 is 0 Å². The summed E-state index contributed by atoms with van der Waals surface area (Å²) in [7, 11) is 0. The highest BCUT2D eigenvalue weighted by molar-refractivity contribution is 7.17. The third-order valence-electron chi connectivity index (χ3n) is 4.20. The van der Waals surface area contributed by atoms with Crippen molar-refractivity contribution in [2.75, 3.05) is 13.1 Å². The second-order valence-corrected chi connectivity index (χ2v) is 7.34. The van der Waals surface area contributed by atoms with Gasteiger partial charge in [-0.3, -0.25) is 4.90 Å². The predicted molar refractivity (Wildman–Crippen MR) is 98.2 cm³/mol. The van der Waals surface area contributed by atoms with Crippen LogP contribution in [0.25, 0.3) is 17.1 Å². The molecule has 0 unspecified atom stereocenters. The number of fused-ring (bicyclic) bond motifs is 1. The summed E-state index contributed by atoms with van der Waals surface area (Å²) in [5.74, 6) is 0.917. The number of hydrogen-bond acceptors (Lipinski definition) is 5. The molecule has 5 nitrogen and oxygen atoms in total. The van der Waals surface area contributed by atoms with Gasteiger partial charge in [-0.15, -0.1) is 10.2 Å². The zero-order chi connectivity index (χ0) is 16.4. The third-order valence-corrected chi connectivity index (χ3v) is 5.40. The first kappa shape index (κ1) is 15.7. The van der Waals surface area contributed by atoms with E-state index in [1.807, 2.05) is 40.9 Å². The van der Waals surface area contributed by atoms with Crippen molar-refractivity contribution in [2.24, 2.45) is 0 Å². The Bertz CT molecular complexity index is 863. The Kier molecular flexibility index (Phi) is 4.60. The summed E-state index contributed by atoms with van der Waals surface area (Å²) in [5, 5.41) is 14.8. The zero-order valence-corrected chi connectivity index (χ0v) is 14.8. The molecule has 4 rings (SSSR count). The minimum absolute atomic E-state index is 0.738. The average molecular weight is 360 g/mol. The summed E-state index contributed by atoms with van der Waals surface area (Å²) >= 11 is 7.72. The van der Waals surface area contributed by atoms with Crippen LogP contribution < -0.4 is 0 Å². The molecule has 0 radical (unpaired) electrons. The maximum Gasteiger partial charge on any atom is 0.235 e. The first-order chi connectivity index (χ1) is 11.8. The van der Waals surface area contributed by atoms with Gasteiger partial charge in [-0.05, 0) is 43.6 Å². The average Bonchev–Trinajstić information content (AvgIpc) is 3.17. The molecule has 1 saturated heterocycles. The number of benzene rings is 1. The molecule has 3 aromatic rings. The highest BCUT2D eigenvalue weighted by Gasteiger charge is 2.16. The van der Waals surface area contributed by atoms with Crippen molar-refractivity contribution in [1.82, 2.24) is 24.7 Å². The predicted octanol–water partition coefficient (Wildman–Crippen LogP) is 4.00. The molecule has 0 saturated carbocycles. The Morgan fingerprint density at radius 1 is 1.08 bits per heavy atom. The van der Waals surface area contributed by atoms with E-state index in [9.17, 15) is 0 Å². The van der Waals surface area contributed by atoms with Crippen molar-refractivity contribution in [3.63, 3.8) is 0 Å². The molecule has 0 N–H and O–H groups in total. The zero-order valence-electron chi connectivity index (χ0n) is 13.2. The van der Waals surface area contributed by atoms with Crippen molar-refractivity contribution in [2.45, 2.75) is 25.8 Å². The molecule has 3 heterocycles. The van der Waals surface area contributed by atoms with Crippen molar-refractivity contribution >= 4 is 40.1 Å². The number of nitrogens with zero attached hydrogens (tertiary/aromatic N) is 5. The van der Waals surface area contributed by atoms with Gasteiger partial charge in [0.1, 0.15) is 5.01 Å². The smallest absolute Gasteiger partial charge is 0.235 e. The maximum absolute atomic E-state index is 6.18. The van der Waals surface area contributed by atoms with Gasteiger partial charge in [0.15, 0.2) is 5.82 Å². The van der Waals surface area contributed by atoms with Crippen LogP contribution in [0.15, 0.2) is 24.3 Å². The van der Waals surface area contributed by atoms with Crippen LogP contribution >= 0.6 is 22.9 Å². The van der Waals surface area contributed by atoms with E-state index in [1.54, 1.807) is 0 Å². The second-order valence-electron chi connectivity index (χ2n) is 5.94. The number of hydrogen-bond donors (Lipinski definition) is 0. The van der Waals surface area contributed by atoms with Gasteiger partial charge in [0.05, 0.1) is 6.54 Å². The molecule has 124 valence electrons. The normalized spacial score (nSPS) is 16.4. The lowest BCUT2D eigenvalue weighted by atomic mass is 10.1. The quantitative estimate of drug-likeness (QED) is 0.706. The van der Waals surface area contributed by atoms with E-state index in [1.165, 1.54) is 30.6 Å². The van der Waals surface area contributed by atoms with E-state index in [0.717, 1.165) is 46.0 Å². The molecule has 7 heteroatoms. The SMILES string of the molecule is Clc1ccccc1/C=C/c1nn2c(CN3CCCCC3)nnc2s1. The second kappa shape index (κ2) is 7.01. The first-order valence-electron chi connectivity index (χ1n) is 8.16. The number of halogens is 1. The van der Waals surface area contributed by atoms with E-state index in [-0.39, 0.29) is 0 Å². The number of aromatic nitrogens is 4. The third kappa shape index (κ3) is 3.36. The molecule has 1 fully saturated rings. The fraction of sp³-hybridized carbons (Fsp3) is 0.353. The van der Waals surface area contributed by atoms with Crippen molar-refractivity contribution in [3.05, 3.63) is 45.7 Å². The van der Waals surface area contributed by atoms with Crippen molar-refractivity contribution in [1.29, 1.82) is 0 Å². The lowest BCUT2D eigenvalue weighted by Crippen LogP contribution is -2.30. The summed E-state index contributed by atoms with van der Waals surface area (Å²) in [6, 6.07) is 7.77. The molecule has 1 aromatic carbocycles. The molecule has 0 amide bonds. The largest absolute Gasteiger partial charge is 0.296 e. The van der Waals surface area contributed by atoms with Crippen LogP contribution in [-0.2, 0) is 6.54 Å². The van der Waals surface area contributed by atoms with Crippen LogP contribution in [0.5, 0.6) is 0 Å². The molecular formula is C17H18ClN5S. The van der Waals surface area contributed by atoms with Gasteiger partial charge < -0.3 is 0 Å². The molecule has 1 aliphatic rings. The standard InChI is InChI=1S/C17H18ClN5S/c18-14-7-3-2-6-13(14)8-9-16-21-23-15(19-20-17(23)24-16)12-22-10-4-1-5-11-22/h2-3,6-9H,1,4-5,10-12H2/b9-8+. The Morgan fingerprint density at radius 3 is 2.75 bits per heavy atom. The van der Waals surface area contributed by atoms with Gasteiger partial charge in [0.25, 0.3) is 0 Å². The van der Waals surface area contributed by atoms with Crippen molar-refractivity contribution in [3.8, 4) is 0 Å². The molecule has 0 aliphatic carbocycles. The fourth-order valence-electron chi connectivity index (χ4n) is 2.93. The summed E-state index contributed by atoms with van der Waals surface area (Å²) in [5.41, 5.74) is 0.985. The molecule has 0 spiro atoms. The van der Waals surface area contributed by atoms with Gasteiger partial charge in [-0.25, -0.2) is 0 Å². The van der Waals surface area contributed by atoms with Crippen LogP contribution in [-0.4, -0.2) is 37.8 Å². The lowest BCUT2D eigenvalue weighted by molar-refractivity contribution is 0.214. The molecular weight excluding hydrogens is 342 g/mol. The Hall–Kier alpha value is -1.76. The minimum Gasteiger partial charge on any atom is -0.296 e. The number of likely N-dealkylation sites (tertiary alicyclic amines) is 1. The Morgan fingerprint density at radius 2 is 1.92 bits per heavy atom. The summed E-state index contributed by atoms with van der Waals surface area (Å²) in [4.78, 5) is 3.26. The van der Waals surface area contributed by atoms with Crippen LogP contribution in [0.3, 0.4) is 0 Å². The molecule has 1 aliphatic heterocycles. The first-order valence-corrected chi connectivity index (χ1v) is 9.35. The monoisotopic (exact) mass is 359 g/mol.